The normalized spacial score (nSPS) is 10.3. The first-order chi connectivity index (χ1) is 9.33. The summed E-state index contributed by atoms with van der Waals surface area (Å²) < 4.78 is 0. The lowest BCUT2D eigenvalue weighted by Gasteiger charge is -2.06. The molecule has 0 saturated carbocycles. The van der Waals surface area contributed by atoms with Gasteiger partial charge in [0.2, 0.25) is 0 Å². The van der Waals surface area contributed by atoms with Crippen molar-refractivity contribution in [2.24, 2.45) is 0 Å². The molecule has 0 atom stereocenters. The molecule has 1 amide bonds. The van der Waals surface area contributed by atoms with E-state index in [1.807, 2.05) is 18.2 Å². The molecule has 3 rings (SSSR count). The van der Waals surface area contributed by atoms with Gasteiger partial charge in [-0.15, -0.1) is 0 Å². The van der Waals surface area contributed by atoms with Gasteiger partial charge in [-0.05, 0) is 30.3 Å². The molecular formula is C13H11N5O. The Morgan fingerprint density at radius 3 is 2.95 bits per heavy atom. The van der Waals surface area contributed by atoms with Crippen LogP contribution in [0.2, 0.25) is 0 Å². The highest BCUT2D eigenvalue weighted by atomic mass is 16.2. The van der Waals surface area contributed by atoms with Crippen molar-refractivity contribution in [3.63, 3.8) is 0 Å². The Balaban J connectivity index is 1.73. The van der Waals surface area contributed by atoms with E-state index in [1.54, 1.807) is 30.6 Å². The summed E-state index contributed by atoms with van der Waals surface area (Å²) in [5, 5.41) is 0.967. The van der Waals surface area contributed by atoms with E-state index < -0.39 is 0 Å². The number of carbonyl (C=O) groups excluding carboxylic acids is 1. The molecule has 0 unspecified atom stereocenters. The number of pyridine rings is 2. The Morgan fingerprint density at radius 1 is 1.16 bits per heavy atom. The SMILES string of the molecule is O=C(NNc1ccccn1)c1ccc2cc[nH]c2n1. The number of anilines is 1. The molecule has 6 nitrogen and oxygen atoms in total. The summed E-state index contributed by atoms with van der Waals surface area (Å²) in [6.45, 7) is 0. The van der Waals surface area contributed by atoms with E-state index in [9.17, 15) is 4.79 Å². The number of H-pyrrole nitrogens is 1. The van der Waals surface area contributed by atoms with Gasteiger partial charge in [-0.3, -0.25) is 15.6 Å². The molecule has 0 saturated heterocycles. The maximum Gasteiger partial charge on any atom is 0.288 e. The first kappa shape index (κ1) is 11.2. The number of amides is 1. The van der Waals surface area contributed by atoms with Gasteiger partial charge < -0.3 is 4.98 Å². The number of nitrogens with zero attached hydrogens (tertiary/aromatic N) is 2. The van der Waals surface area contributed by atoms with E-state index in [-0.39, 0.29) is 5.91 Å². The lowest BCUT2D eigenvalue weighted by molar-refractivity contribution is 0.0958. The van der Waals surface area contributed by atoms with Crippen LogP contribution in [0, 0.1) is 0 Å². The summed E-state index contributed by atoms with van der Waals surface area (Å²) in [4.78, 5) is 23.1. The Labute approximate surface area is 108 Å². The summed E-state index contributed by atoms with van der Waals surface area (Å²) in [7, 11) is 0. The smallest absolute Gasteiger partial charge is 0.288 e. The van der Waals surface area contributed by atoms with Crippen LogP contribution in [0.15, 0.2) is 48.8 Å². The molecule has 0 aliphatic carbocycles. The first-order valence-corrected chi connectivity index (χ1v) is 5.74. The van der Waals surface area contributed by atoms with Crippen molar-refractivity contribution in [1.29, 1.82) is 0 Å². The molecule has 6 heteroatoms. The minimum atomic E-state index is -0.317. The van der Waals surface area contributed by atoms with Crippen LogP contribution in [0.1, 0.15) is 10.5 Å². The van der Waals surface area contributed by atoms with Gasteiger partial charge in [-0.1, -0.05) is 6.07 Å². The molecule has 3 aromatic rings. The van der Waals surface area contributed by atoms with Crippen LogP contribution in [0.25, 0.3) is 11.0 Å². The fourth-order valence-electron chi connectivity index (χ4n) is 1.68. The van der Waals surface area contributed by atoms with Crippen molar-refractivity contribution in [2.45, 2.75) is 0 Å². The molecule has 3 N–H and O–H groups in total. The van der Waals surface area contributed by atoms with Crippen molar-refractivity contribution in [3.8, 4) is 0 Å². The Morgan fingerprint density at radius 2 is 2.11 bits per heavy atom. The quantitative estimate of drug-likeness (QED) is 0.620. The Bertz CT molecular complexity index is 707. The third kappa shape index (κ3) is 2.37. The Kier molecular flexibility index (Phi) is 2.82. The molecule has 0 spiro atoms. The number of hydrazine groups is 1. The molecular weight excluding hydrogens is 242 g/mol. The van der Waals surface area contributed by atoms with E-state index in [0.29, 0.717) is 17.2 Å². The lowest BCUT2D eigenvalue weighted by Crippen LogP contribution is -2.30. The van der Waals surface area contributed by atoms with Crippen LogP contribution >= 0.6 is 0 Å². The second-order valence-electron chi connectivity index (χ2n) is 3.91. The number of carbonyl (C=O) groups is 1. The monoisotopic (exact) mass is 253 g/mol. The lowest BCUT2D eigenvalue weighted by atomic mass is 10.3. The van der Waals surface area contributed by atoms with Crippen molar-refractivity contribution in [1.82, 2.24) is 20.4 Å². The zero-order valence-electron chi connectivity index (χ0n) is 9.92. The number of aromatic amines is 1. The van der Waals surface area contributed by atoms with Gasteiger partial charge in [0.05, 0.1) is 0 Å². The molecule has 0 aliphatic rings. The molecule has 3 aromatic heterocycles. The predicted molar refractivity (Wildman–Crippen MR) is 71.4 cm³/mol. The van der Waals surface area contributed by atoms with Crippen LogP contribution in [0.3, 0.4) is 0 Å². The summed E-state index contributed by atoms with van der Waals surface area (Å²) >= 11 is 0. The minimum Gasteiger partial charge on any atom is -0.346 e. The van der Waals surface area contributed by atoms with Gasteiger partial charge in [0.15, 0.2) is 0 Å². The number of hydrogen-bond acceptors (Lipinski definition) is 4. The number of rotatable bonds is 3. The van der Waals surface area contributed by atoms with E-state index in [2.05, 4.69) is 25.8 Å². The second kappa shape index (κ2) is 4.77. The maximum atomic E-state index is 11.9. The van der Waals surface area contributed by atoms with Crippen molar-refractivity contribution < 1.29 is 4.79 Å². The standard InChI is InChI=1S/C13H11N5O/c19-13(18-17-11-3-1-2-7-14-11)10-5-4-9-6-8-15-12(9)16-10/h1-8H,(H,14,17)(H,15,16)(H,18,19). The second-order valence-corrected chi connectivity index (χ2v) is 3.91. The summed E-state index contributed by atoms with van der Waals surface area (Å²) in [6, 6.07) is 10.8. The van der Waals surface area contributed by atoms with Crippen LogP contribution < -0.4 is 10.9 Å². The first-order valence-electron chi connectivity index (χ1n) is 5.74. The van der Waals surface area contributed by atoms with Gasteiger partial charge in [0, 0.05) is 17.8 Å². The van der Waals surface area contributed by atoms with Gasteiger partial charge >= 0.3 is 0 Å². The largest absolute Gasteiger partial charge is 0.346 e. The van der Waals surface area contributed by atoms with E-state index >= 15 is 0 Å². The molecule has 94 valence electrons. The number of aromatic nitrogens is 3. The number of hydrogen-bond donors (Lipinski definition) is 3. The van der Waals surface area contributed by atoms with Crippen molar-refractivity contribution >= 4 is 22.8 Å². The molecule has 0 fully saturated rings. The highest BCUT2D eigenvalue weighted by Crippen LogP contribution is 2.10. The Hall–Kier alpha value is -2.89. The van der Waals surface area contributed by atoms with Gasteiger partial charge in [0.1, 0.15) is 17.2 Å². The van der Waals surface area contributed by atoms with Crippen LogP contribution in [-0.4, -0.2) is 20.9 Å². The molecule has 0 aliphatic heterocycles. The summed E-state index contributed by atoms with van der Waals surface area (Å²) in [6.07, 6.45) is 3.42. The molecule has 0 aromatic carbocycles. The van der Waals surface area contributed by atoms with Crippen LogP contribution in [0.5, 0.6) is 0 Å². The molecule has 0 bridgehead atoms. The third-order valence-corrected chi connectivity index (χ3v) is 2.61. The predicted octanol–water partition coefficient (Wildman–Crippen LogP) is 1.71. The molecule has 3 heterocycles. The summed E-state index contributed by atoms with van der Waals surface area (Å²) in [5.41, 5.74) is 6.29. The highest BCUT2D eigenvalue weighted by Gasteiger charge is 2.08. The van der Waals surface area contributed by atoms with E-state index in [4.69, 9.17) is 0 Å². The molecule has 0 radical (unpaired) electrons. The average molecular weight is 253 g/mol. The third-order valence-electron chi connectivity index (χ3n) is 2.61. The van der Waals surface area contributed by atoms with Gasteiger partial charge in [0.25, 0.3) is 5.91 Å². The van der Waals surface area contributed by atoms with E-state index in [1.165, 1.54) is 0 Å². The summed E-state index contributed by atoms with van der Waals surface area (Å²) in [5.74, 6) is 0.249. The van der Waals surface area contributed by atoms with Crippen molar-refractivity contribution in [3.05, 3.63) is 54.5 Å². The van der Waals surface area contributed by atoms with Crippen LogP contribution in [0.4, 0.5) is 5.82 Å². The zero-order valence-corrected chi connectivity index (χ0v) is 9.92. The fraction of sp³-hybridized carbons (Fsp3) is 0. The average Bonchev–Trinajstić information content (AvgIpc) is 2.93. The van der Waals surface area contributed by atoms with Gasteiger partial charge in [-0.25, -0.2) is 9.97 Å². The van der Waals surface area contributed by atoms with Gasteiger partial charge in [-0.2, -0.15) is 0 Å². The van der Waals surface area contributed by atoms with E-state index in [0.717, 1.165) is 5.39 Å². The highest BCUT2D eigenvalue weighted by molar-refractivity contribution is 5.94. The fourth-order valence-corrected chi connectivity index (χ4v) is 1.68. The van der Waals surface area contributed by atoms with Crippen molar-refractivity contribution in [2.75, 3.05) is 5.43 Å². The molecule has 19 heavy (non-hydrogen) atoms. The zero-order chi connectivity index (χ0) is 13.1. The topological polar surface area (TPSA) is 82.7 Å². The van der Waals surface area contributed by atoms with Crippen LogP contribution in [-0.2, 0) is 0 Å². The maximum absolute atomic E-state index is 11.9. The number of fused-ring (bicyclic) bond motifs is 1. The number of nitrogens with one attached hydrogen (secondary N) is 3. The minimum absolute atomic E-state index is 0.317.